The molecule has 84 valence electrons. The van der Waals surface area contributed by atoms with Gasteiger partial charge in [-0.3, -0.25) is 9.89 Å². The van der Waals surface area contributed by atoms with Crippen molar-refractivity contribution in [3.8, 4) is 0 Å². The summed E-state index contributed by atoms with van der Waals surface area (Å²) in [6, 6.07) is 0. The minimum atomic E-state index is -0.173. The van der Waals surface area contributed by atoms with Crippen molar-refractivity contribution in [3.05, 3.63) is 35.0 Å². The zero-order chi connectivity index (χ0) is 11.7. The number of nitrogens with zero attached hydrogens (tertiary/aromatic N) is 1. The van der Waals surface area contributed by atoms with Crippen molar-refractivity contribution in [1.82, 2.24) is 10.2 Å². The van der Waals surface area contributed by atoms with Crippen LogP contribution in [0.15, 0.2) is 16.8 Å². The van der Waals surface area contributed by atoms with Crippen LogP contribution < -0.4 is 5.32 Å². The summed E-state index contributed by atoms with van der Waals surface area (Å²) < 4.78 is 5.40. The maximum Gasteiger partial charge on any atom is 0.259 e. The average Bonchev–Trinajstić information content (AvgIpc) is 2.77. The van der Waals surface area contributed by atoms with Crippen molar-refractivity contribution in [3.63, 3.8) is 0 Å². The molecule has 0 radical (unpaired) electrons. The van der Waals surface area contributed by atoms with Gasteiger partial charge < -0.3 is 9.73 Å². The summed E-state index contributed by atoms with van der Waals surface area (Å²) in [5, 5.41) is 9.13. The molecule has 0 fully saturated rings. The van der Waals surface area contributed by atoms with Crippen LogP contribution in [0, 0.1) is 20.8 Å². The third-order valence-corrected chi connectivity index (χ3v) is 2.54. The SMILES string of the molecule is Cc1oc(C)c(C(=O)Nc2cn[nH]c2)c1C. The highest BCUT2D eigenvalue weighted by Gasteiger charge is 2.18. The molecule has 5 nitrogen and oxygen atoms in total. The standard InChI is InChI=1S/C11H13N3O2/c1-6-7(2)16-8(3)10(6)11(15)14-9-4-12-13-5-9/h4-5H,1-3H3,(H,12,13)(H,14,15). The van der Waals surface area contributed by atoms with E-state index in [4.69, 9.17) is 4.42 Å². The minimum absolute atomic E-state index is 0.173. The largest absolute Gasteiger partial charge is 0.466 e. The molecule has 0 saturated carbocycles. The van der Waals surface area contributed by atoms with Gasteiger partial charge in [-0.15, -0.1) is 0 Å². The van der Waals surface area contributed by atoms with Crippen molar-refractivity contribution < 1.29 is 9.21 Å². The summed E-state index contributed by atoms with van der Waals surface area (Å²) in [4.78, 5) is 12.0. The van der Waals surface area contributed by atoms with Gasteiger partial charge in [0.2, 0.25) is 0 Å². The Labute approximate surface area is 92.9 Å². The van der Waals surface area contributed by atoms with E-state index >= 15 is 0 Å². The molecule has 0 aromatic carbocycles. The average molecular weight is 219 g/mol. The summed E-state index contributed by atoms with van der Waals surface area (Å²) in [7, 11) is 0. The van der Waals surface area contributed by atoms with Crippen LogP contribution in [-0.4, -0.2) is 16.1 Å². The molecule has 0 aliphatic rings. The van der Waals surface area contributed by atoms with Gasteiger partial charge >= 0.3 is 0 Å². The molecule has 0 aliphatic carbocycles. The van der Waals surface area contributed by atoms with E-state index in [0.29, 0.717) is 17.0 Å². The van der Waals surface area contributed by atoms with Crippen LogP contribution >= 0.6 is 0 Å². The highest BCUT2D eigenvalue weighted by Crippen LogP contribution is 2.21. The predicted molar refractivity (Wildman–Crippen MR) is 59.5 cm³/mol. The quantitative estimate of drug-likeness (QED) is 0.813. The molecule has 1 amide bonds. The van der Waals surface area contributed by atoms with Crippen molar-refractivity contribution in [1.29, 1.82) is 0 Å². The second kappa shape index (κ2) is 3.84. The van der Waals surface area contributed by atoms with E-state index in [1.165, 1.54) is 0 Å². The van der Waals surface area contributed by atoms with E-state index in [2.05, 4.69) is 15.5 Å². The molecular weight excluding hydrogens is 206 g/mol. The number of furan rings is 1. The fourth-order valence-electron chi connectivity index (χ4n) is 1.64. The van der Waals surface area contributed by atoms with Crippen molar-refractivity contribution >= 4 is 11.6 Å². The molecule has 2 heterocycles. The first-order valence-corrected chi connectivity index (χ1v) is 4.96. The molecule has 2 aromatic rings. The lowest BCUT2D eigenvalue weighted by molar-refractivity contribution is 0.102. The summed E-state index contributed by atoms with van der Waals surface area (Å²) in [5.74, 6) is 1.24. The second-order valence-corrected chi connectivity index (χ2v) is 3.66. The number of hydrogen-bond donors (Lipinski definition) is 2. The van der Waals surface area contributed by atoms with Crippen LogP contribution in [0.4, 0.5) is 5.69 Å². The first-order valence-electron chi connectivity index (χ1n) is 4.96. The predicted octanol–water partition coefficient (Wildman–Crippen LogP) is 2.18. The lowest BCUT2D eigenvalue weighted by Gasteiger charge is -2.01. The number of nitrogens with one attached hydrogen (secondary N) is 2. The number of aromatic amines is 1. The molecule has 0 bridgehead atoms. The molecular formula is C11H13N3O2. The van der Waals surface area contributed by atoms with E-state index in [1.54, 1.807) is 19.3 Å². The molecule has 0 saturated heterocycles. The Morgan fingerprint density at radius 2 is 2.12 bits per heavy atom. The van der Waals surface area contributed by atoms with Gasteiger partial charge in [0.1, 0.15) is 11.5 Å². The lowest BCUT2D eigenvalue weighted by Crippen LogP contribution is -2.13. The maximum atomic E-state index is 12.0. The Kier molecular flexibility index (Phi) is 2.52. The van der Waals surface area contributed by atoms with Gasteiger partial charge in [-0.1, -0.05) is 0 Å². The molecule has 16 heavy (non-hydrogen) atoms. The zero-order valence-electron chi connectivity index (χ0n) is 9.42. The van der Waals surface area contributed by atoms with Gasteiger partial charge in [-0.25, -0.2) is 0 Å². The van der Waals surface area contributed by atoms with E-state index in [9.17, 15) is 4.79 Å². The highest BCUT2D eigenvalue weighted by molar-refractivity contribution is 6.06. The molecule has 0 atom stereocenters. The Morgan fingerprint density at radius 1 is 1.38 bits per heavy atom. The zero-order valence-corrected chi connectivity index (χ0v) is 9.42. The number of hydrogen-bond acceptors (Lipinski definition) is 3. The fraction of sp³-hybridized carbons (Fsp3) is 0.273. The summed E-state index contributed by atoms with van der Waals surface area (Å²) in [6.07, 6.45) is 3.17. The number of carbonyl (C=O) groups is 1. The molecule has 2 aromatic heterocycles. The molecule has 2 rings (SSSR count). The van der Waals surface area contributed by atoms with Gasteiger partial charge in [-0.2, -0.15) is 5.10 Å². The monoisotopic (exact) mass is 219 g/mol. The third-order valence-electron chi connectivity index (χ3n) is 2.54. The van der Waals surface area contributed by atoms with Gasteiger partial charge in [0.15, 0.2) is 0 Å². The fourth-order valence-corrected chi connectivity index (χ4v) is 1.64. The smallest absolute Gasteiger partial charge is 0.259 e. The Balaban J connectivity index is 2.27. The van der Waals surface area contributed by atoms with Gasteiger partial charge in [0.25, 0.3) is 5.91 Å². The first-order chi connectivity index (χ1) is 7.59. The number of rotatable bonds is 2. The number of aromatic nitrogens is 2. The second-order valence-electron chi connectivity index (χ2n) is 3.66. The van der Waals surface area contributed by atoms with E-state index < -0.39 is 0 Å². The maximum absolute atomic E-state index is 12.0. The Bertz CT molecular complexity index is 512. The van der Waals surface area contributed by atoms with E-state index in [0.717, 1.165) is 11.3 Å². The molecule has 0 unspecified atom stereocenters. The van der Waals surface area contributed by atoms with Crippen LogP contribution in [-0.2, 0) is 0 Å². The highest BCUT2D eigenvalue weighted by atomic mass is 16.3. The van der Waals surface area contributed by atoms with Crippen molar-refractivity contribution in [2.45, 2.75) is 20.8 Å². The van der Waals surface area contributed by atoms with Crippen LogP contribution in [0.5, 0.6) is 0 Å². The number of amides is 1. The number of aryl methyl sites for hydroxylation is 2. The van der Waals surface area contributed by atoms with Crippen molar-refractivity contribution in [2.75, 3.05) is 5.32 Å². The van der Waals surface area contributed by atoms with E-state index in [1.807, 2.05) is 13.8 Å². The molecule has 0 spiro atoms. The molecule has 0 aliphatic heterocycles. The van der Waals surface area contributed by atoms with Crippen LogP contribution in [0.2, 0.25) is 0 Å². The normalized spacial score (nSPS) is 10.4. The summed E-state index contributed by atoms with van der Waals surface area (Å²) in [6.45, 7) is 5.50. The van der Waals surface area contributed by atoms with Gasteiger partial charge in [-0.05, 0) is 20.8 Å². The topological polar surface area (TPSA) is 70.9 Å². The Morgan fingerprint density at radius 3 is 2.62 bits per heavy atom. The van der Waals surface area contributed by atoms with Crippen molar-refractivity contribution in [2.24, 2.45) is 0 Å². The van der Waals surface area contributed by atoms with Crippen LogP contribution in [0.1, 0.15) is 27.4 Å². The summed E-state index contributed by atoms with van der Waals surface area (Å²) >= 11 is 0. The van der Waals surface area contributed by atoms with Crippen LogP contribution in [0.3, 0.4) is 0 Å². The van der Waals surface area contributed by atoms with Crippen LogP contribution in [0.25, 0.3) is 0 Å². The molecule has 2 N–H and O–H groups in total. The summed E-state index contributed by atoms with van der Waals surface area (Å²) in [5.41, 5.74) is 2.11. The third kappa shape index (κ3) is 1.71. The number of H-pyrrole nitrogens is 1. The number of carbonyl (C=O) groups excluding carboxylic acids is 1. The Hall–Kier alpha value is -2.04. The van der Waals surface area contributed by atoms with E-state index in [-0.39, 0.29) is 5.91 Å². The number of anilines is 1. The van der Waals surface area contributed by atoms with Gasteiger partial charge in [0, 0.05) is 11.8 Å². The minimum Gasteiger partial charge on any atom is -0.466 e. The first kappa shape index (κ1) is 10.5. The molecule has 5 heteroatoms. The van der Waals surface area contributed by atoms with Gasteiger partial charge in [0.05, 0.1) is 17.4 Å². The lowest BCUT2D eigenvalue weighted by atomic mass is 10.1.